The van der Waals surface area contributed by atoms with Crippen molar-refractivity contribution in [2.75, 3.05) is 26.2 Å². The number of nitrogens with zero attached hydrogens (tertiary/aromatic N) is 1. The minimum Gasteiger partial charge on any atom is -0.396 e. The summed E-state index contributed by atoms with van der Waals surface area (Å²) in [6.45, 7) is 8.31. The molecule has 0 aromatic heterocycles. The summed E-state index contributed by atoms with van der Waals surface area (Å²) in [6, 6.07) is 0. The number of rotatable bonds is 5. The molecule has 4 unspecified atom stereocenters. The van der Waals surface area contributed by atoms with E-state index in [1.54, 1.807) is 0 Å². The van der Waals surface area contributed by atoms with E-state index in [1.807, 2.05) is 0 Å². The number of piperidine rings is 1. The molecule has 118 valence electrons. The Bertz CT molecular complexity index is 280. The second kappa shape index (κ2) is 7.77. The standard InChI is InChI=1S/C17H33NO2/c1-13(2)15-5-6-17(20)16(10-15)12-18-8-3-4-14(11-18)7-9-19/h13-17,19-20H,3-12H2,1-2H3. The fraction of sp³-hybridized carbons (Fsp3) is 1.00. The van der Waals surface area contributed by atoms with E-state index >= 15 is 0 Å². The molecule has 0 spiro atoms. The van der Waals surface area contributed by atoms with Crippen molar-refractivity contribution in [3.63, 3.8) is 0 Å². The van der Waals surface area contributed by atoms with Gasteiger partial charge in [-0.1, -0.05) is 13.8 Å². The predicted octanol–water partition coefficient (Wildman–Crippen LogP) is 2.51. The molecule has 2 rings (SSSR count). The van der Waals surface area contributed by atoms with Crippen LogP contribution in [0, 0.1) is 23.7 Å². The van der Waals surface area contributed by atoms with Crippen molar-refractivity contribution in [3.8, 4) is 0 Å². The lowest BCUT2D eigenvalue weighted by atomic mass is 9.74. The summed E-state index contributed by atoms with van der Waals surface area (Å²) in [5.74, 6) is 2.66. The van der Waals surface area contributed by atoms with E-state index in [0.717, 1.165) is 37.8 Å². The third kappa shape index (κ3) is 4.44. The highest BCUT2D eigenvalue weighted by Gasteiger charge is 2.32. The van der Waals surface area contributed by atoms with E-state index in [4.69, 9.17) is 5.11 Å². The molecular formula is C17H33NO2. The van der Waals surface area contributed by atoms with Gasteiger partial charge in [-0.25, -0.2) is 0 Å². The van der Waals surface area contributed by atoms with Crippen LogP contribution in [0.15, 0.2) is 0 Å². The van der Waals surface area contributed by atoms with Gasteiger partial charge < -0.3 is 15.1 Å². The maximum atomic E-state index is 10.3. The maximum Gasteiger partial charge on any atom is 0.0580 e. The molecule has 4 atom stereocenters. The molecule has 0 aromatic rings. The molecule has 0 aromatic carbocycles. The highest BCUT2D eigenvalue weighted by molar-refractivity contribution is 4.84. The number of hydrogen-bond donors (Lipinski definition) is 2. The summed E-state index contributed by atoms with van der Waals surface area (Å²) in [5.41, 5.74) is 0. The fourth-order valence-corrected chi connectivity index (χ4v) is 4.15. The van der Waals surface area contributed by atoms with E-state index in [0.29, 0.717) is 18.4 Å². The third-order valence-electron chi connectivity index (χ3n) is 5.56. The van der Waals surface area contributed by atoms with E-state index in [2.05, 4.69) is 18.7 Å². The van der Waals surface area contributed by atoms with Crippen LogP contribution in [-0.4, -0.2) is 47.5 Å². The highest BCUT2D eigenvalue weighted by Crippen LogP contribution is 2.35. The van der Waals surface area contributed by atoms with Crippen molar-refractivity contribution in [2.24, 2.45) is 23.7 Å². The first kappa shape index (κ1) is 16.3. The molecule has 0 bridgehead atoms. The van der Waals surface area contributed by atoms with Crippen molar-refractivity contribution in [2.45, 2.75) is 58.5 Å². The van der Waals surface area contributed by atoms with Gasteiger partial charge in [-0.05, 0) is 68.7 Å². The zero-order chi connectivity index (χ0) is 14.5. The Labute approximate surface area is 124 Å². The molecule has 2 aliphatic rings. The van der Waals surface area contributed by atoms with Gasteiger partial charge in [0.1, 0.15) is 0 Å². The summed E-state index contributed by atoms with van der Waals surface area (Å²) in [7, 11) is 0. The molecule has 3 nitrogen and oxygen atoms in total. The van der Waals surface area contributed by atoms with Gasteiger partial charge >= 0.3 is 0 Å². The molecular weight excluding hydrogens is 250 g/mol. The minimum atomic E-state index is -0.0942. The number of likely N-dealkylation sites (tertiary alicyclic amines) is 1. The molecule has 1 saturated heterocycles. The smallest absolute Gasteiger partial charge is 0.0580 e. The van der Waals surface area contributed by atoms with Crippen LogP contribution in [0.1, 0.15) is 52.4 Å². The Balaban J connectivity index is 1.84. The predicted molar refractivity (Wildman–Crippen MR) is 82.5 cm³/mol. The second-order valence-electron chi connectivity index (χ2n) is 7.42. The Morgan fingerprint density at radius 3 is 2.70 bits per heavy atom. The lowest BCUT2D eigenvalue weighted by Gasteiger charge is -2.40. The summed E-state index contributed by atoms with van der Waals surface area (Å²) in [5, 5.41) is 19.4. The average Bonchev–Trinajstić information content (AvgIpc) is 2.42. The lowest BCUT2D eigenvalue weighted by molar-refractivity contribution is 0.0100. The van der Waals surface area contributed by atoms with Gasteiger partial charge in [0.15, 0.2) is 0 Å². The zero-order valence-electron chi connectivity index (χ0n) is 13.3. The first-order valence-corrected chi connectivity index (χ1v) is 8.61. The van der Waals surface area contributed by atoms with Gasteiger partial charge in [0.05, 0.1) is 6.10 Å². The number of hydrogen-bond acceptors (Lipinski definition) is 3. The Kier molecular flexibility index (Phi) is 6.31. The van der Waals surface area contributed by atoms with Crippen LogP contribution in [0.2, 0.25) is 0 Å². The Hall–Kier alpha value is -0.120. The molecule has 1 heterocycles. The van der Waals surface area contributed by atoms with Gasteiger partial charge in [-0.15, -0.1) is 0 Å². The van der Waals surface area contributed by atoms with Crippen LogP contribution >= 0.6 is 0 Å². The fourth-order valence-electron chi connectivity index (χ4n) is 4.15. The van der Waals surface area contributed by atoms with E-state index in [-0.39, 0.29) is 6.10 Å². The van der Waals surface area contributed by atoms with Gasteiger partial charge in [0, 0.05) is 19.7 Å². The molecule has 1 aliphatic heterocycles. The quantitative estimate of drug-likeness (QED) is 0.815. The highest BCUT2D eigenvalue weighted by atomic mass is 16.3. The molecule has 1 saturated carbocycles. The summed E-state index contributed by atoms with van der Waals surface area (Å²) < 4.78 is 0. The van der Waals surface area contributed by atoms with Crippen LogP contribution in [0.25, 0.3) is 0 Å². The molecule has 1 aliphatic carbocycles. The van der Waals surface area contributed by atoms with E-state index < -0.39 is 0 Å². The molecule has 3 heteroatoms. The zero-order valence-corrected chi connectivity index (χ0v) is 13.3. The van der Waals surface area contributed by atoms with E-state index in [9.17, 15) is 5.11 Å². The first-order chi connectivity index (χ1) is 9.60. The third-order valence-corrected chi connectivity index (χ3v) is 5.56. The van der Waals surface area contributed by atoms with Crippen molar-refractivity contribution >= 4 is 0 Å². The van der Waals surface area contributed by atoms with Crippen molar-refractivity contribution in [1.29, 1.82) is 0 Å². The van der Waals surface area contributed by atoms with E-state index in [1.165, 1.54) is 32.2 Å². The minimum absolute atomic E-state index is 0.0942. The maximum absolute atomic E-state index is 10.3. The Morgan fingerprint density at radius 2 is 2.00 bits per heavy atom. The lowest BCUT2D eigenvalue weighted by Crippen LogP contribution is -2.43. The molecule has 2 N–H and O–H groups in total. The topological polar surface area (TPSA) is 43.7 Å². The molecule has 2 fully saturated rings. The van der Waals surface area contributed by atoms with Crippen LogP contribution < -0.4 is 0 Å². The van der Waals surface area contributed by atoms with Crippen molar-refractivity contribution in [3.05, 3.63) is 0 Å². The first-order valence-electron chi connectivity index (χ1n) is 8.61. The summed E-state index contributed by atoms with van der Waals surface area (Å²) in [6.07, 6.45) is 6.74. The summed E-state index contributed by atoms with van der Waals surface area (Å²) in [4.78, 5) is 2.54. The average molecular weight is 283 g/mol. The summed E-state index contributed by atoms with van der Waals surface area (Å²) >= 11 is 0. The van der Waals surface area contributed by atoms with Crippen molar-refractivity contribution in [1.82, 2.24) is 4.90 Å². The van der Waals surface area contributed by atoms with Crippen molar-refractivity contribution < 1.29 is 10.2 Å². The van der Waals surface area contributed by atoms with Gasteiger partial charge in [0.25, 0.3) is 0 Å². The largest absolute Gasteiger partial charge is 0.396 e. The van der Waals surface area contributed by atoms with Crippen LogP contribution in [0.5, 0.6) is 0 Å². The molecule has 0 radical (unpaired) electrons. The van der Waals surface area contributed by atoms with Crippen LogP contribution in [0.4, 0.5) is 0 Å². The number of aliphatic hydroxyl groups is 2. The second-order valence-corrected chi connectivity index (χ2v) is 7.42. The normalized spacial score (nSPS) is 36.5. The van der Waals surface area contributed by atoms with Crippen LogP contribution in [-0.2, 0) is 0 Å². The molecule has 20 heavy (non-hydrogen) atoms. The number of aliphatic hydroxyl groups excluding tert-OH is 2. The van der Waals surface area contributed by atoms with Crippen LogP contribution in [0.3, 0.4) is 0 Å². The van der Waals surface area contributed by atoms with Gasteiger partial charge in [0.2, 0.25) is 0 Å². The van der Waals surface area contributed by atoms with Gasteiger partial charge in [-0.3, -0.25) is 0 Å². The monoisotopic (exact) mass is 283 g/mol. The SMILES string of the molecule is CC(C)C1CCC(O)C(CN2CCCC(CCO)C2)C1. The Morgan fingerprint density at radius 1 is 1.20 bits per heavy atom. The molecule has 0 amide bonds. The van der Waals surface area contributed by atoms with Gasteiger partial charge in [-0.2, -0.15) is 0 Å².